The first kappa shape index (κ1) is 21.7. The van der Waals surface area contributed by atoms with Crippen molar-refractivity contribution in [3.8, 4) is 0 Å². The molecule has 2 aromatic carbocycles. The summed E-state index contributed by atoms with van der Waals surface area (Å²) in [6.45, 7) is 2.26. The number of carbonyl (C=O) groups is 1. The fourth-order valence-electron chi connectivity index (χ4n) is 3.60. The number of amides is 1. The van der Waals surface area contributed by atoms with Gasteiger partial charge in [0.2, 0.25) is 5.91 Å². The molecule has 1 fully saturated rings. The van der Waals surface area contributed by atoms with Crippen molar-refractivity contribution in [2.24, 2.45) is 5.92 Å². The number of nitrogens with zero attached hydrogens (tertiary/aromatic N) is 1. The van der Waals surface area contributed by atoms with Gasteiger partial charge in [-0.1, -0.05) is 48.6 Å². The largest absolute Gasteiger partial charge is 0.354 e. The van der Waals surface area contributed by atoms with Crippen LogP contribution in [0, 0.1) is 12.8 Å². The number of carbonyl (C=O) groups excluding carboxylic acids is 1. The summed E-state index contributed by atoms with van der Waals surface area (Å²) in [5, 5.41) is 3.39. The van der Waals surface area contributed by atoms with E-state index in [0.717, 1.165) is 22.7 Å². The number of hydrogen-bond donors (Lipinski definition) is 1. The van der Waals surface area contributed by atoms with Crippen LogP contribution in [0.3, 0.4) is 0 Å². The number of benzene rings is 2. The molecule has 0 aliphatic heterocycles. The van der Waals surface area contributed by atoms with Gasteiger partial charge < -0.3 is 5.32 Å². The molecule has 7 heteroatoms. The summed E-state index contributed by atoms with van der Waals surface area (Å²) in [7, 11) is -3.91. The Morgan fingerprint density at radius 2 is 1.66 bits per heavy atom. The molecule has 3 rings (SSSR count). The van der Waals surface area contributed by atoms with Gasteiger partial charge in [0.05, 0.1) is 10.6 Å². The Kier molecular flexibility index (Phi) is 7.19. The molecule has 156 valence electrons. The maximum absolute atomic E-state index is 13.3. The zero-order chi connectivity index (χ0) is 20.9. The Morgan fingerprint density at radius 1 is 1.03 bits per heavy atom. The Morgan fingerprint density at radius 3 is 2.28 bits per heavy atom. The zero-order valence-corrected chi connectivity index (χ0v) is 18.2. The van der Waals surface area contributed by atoms with Gasteiger partial charge >= 0.3 is 0 Å². The minimum Gasteiger partial charge on any atom is -0.354 e. The van der Waals surface area contributed by atoms with Crippen LogP contribution >= 0.6 is 11.6 Å². The number of rotatable bonds is 7. The molecule has 29 heavy (non-hydrogen) atoms. The summed E-state index contributed by atoms with van der Waals surface area (Å²) in [5.41, 5.74) is 1.47. The molecule has 1 amide bonds. The van der Waals surface area contributed by atoms with Crippen LogP contribution in [-0.2, 0) is 14.8 Å². The van der Waals surface area contributed by atoms with Crippen LogP contribution in [0.25, 0.3) is 0 Å². The van der Waals surface area contributed by atoms with Crippen molar-refractivity contribution in [3.63, 3.8) is 0 Å². The third-order valence-electron chi connectivity index (χ3n) is 5.32. The normalized spacial score (nSPS) is 15.1. The average Bonchev–Trinajstić information content (AvgIpc) is 2.72. The number of sulfonamides is 1. The molecule has 0 atom stereocenters. The van der Waals surface area contributed by atoms with E-state index in [0.29, 0.717) is 23.2 Å². The van der Waals surface area contributed by atoms with Crippen molar-refractivity contribution in [3.05, 3.63) is 59.1 Å². The fraction of sp³-hybridized carbons (Fsp3) is 0.409. The minimum absolute atomic E-state index is 0.0996. The van der Waals surface area contributed by atoms with Gasteiger partial charge in [-0.25, -0.2) is 8.42 Å². The molecule has 1 aliphatic rings. The first-order valence-corrected chi connectivity index (χ1v) is 11.8. The van der Waals surface area contributed by atoms with Crippen molar-refractivity contribution >= 4 is 33.2 Å². The number of aryl methyl sites for hydroxylation is 1. The van der Waals surface area contributed by atoms with Gasteiger partial charge in [0, 0.05) is 11.6 Å². The van der Waals surface area contributed by atoms with E-state index in [-0.39, 0.29) is 17.3 Å². The molecule has 0 bridgehead atoms. The second-order valence-electron chi connectivity index (χ2n) is 7.61. The Balaban J connectivity index is 1.80. The van der Waals surface area contributed by atoms with Gasteiger partial charge in [0.15, 0.2) is 0 Å². The fourth-order valence-corrected chi connectivity index (χ4v) is 5.14. The lowest BCUT2D eigenvalue weighted by Crippen LogP contribution is -2.42. The van der Waals surface area contributed by atoms with Gasteiger partial charge in [-0.05, 0) is 62.1 Å². The van der Waals surface area contributed by atoms with Gasteiger partial charge in [0.1, 0.15) is 6.54 Å². The Labute approximate surface area is 178 Å². The van der Waals surface area contributed by atoms with Gasteiger partial charge in [-0.3, -0.25) is 9.10 Å². The van der Waals surface area contributed by atoms with Gasteiger partial charge in [0.25, 0.3) is 10.0 Å². The maximum Gasteiger partial charge on any atom is 0.264 e. The first-order valence-electron chi connectivity index (χ1n) is 9.98. The Hall–Kier alpha value is -2.05. The van der Waals surface area contributed by atoms with Gasteiger partial charge in [-0.15, -0.1) is 0 Å². The predicted octanol–water partition coefficient (Wildman–Crippen LogP) is 4.54. The molecule has 0 saturated heterocycles. The lowest BCUT2D eigenvalue weighted by Gasteiger charge is -2.26. The summed E-state index contributed by atoms with van der Waals surface area (Å²) in [6, 6.07) is 13.1. The SMILES string of the molecule is Cc1ccc(N(CC(=O)NCC2CCCCC2)S(=O)(=O)c2ccc(Cl)cc2)cc1. The average molecular weight is 435 g/mol. The van der Waals surface area contributed by atoms with E-state index in [2.05, 4.69) is 5.32 Å². The summed E-state index contributed by atoms with van der Waals surface area (Å²) in [5.74, 6) is 0.182. The highest BCUT2D eigenvalue weighted by atomic mass is 35.5. The van der Waals surface area contributed by atoms with Crippen LogP contribution in [0.2, 0.25) is 5.02 Å². The summed E-state index contributed by atoms with van der Waals surface area (Å²) < 4.78 is 27.7. The van der Waals surface area contributed by atoms with Crippen LogP contribution in [0.15, 0.2) is 53.4 Å². The van der Waals surface area contributed by atoms with E-state index in [1.807, 2.05) is 19.1 Å². The first-order chi connectivity index (χ1) is 13.9. The highest BCUT2D eigenvalue weighted by Crippen LogP contribution is 2.25. The standard InChI is InChI=1S/C22H27ClN2O3S/c1-17-7-11-20(12-8-17)25(29(27,28)21-13-9-19(23)10-14-21)16-22(26)24-15-18-5-3-2-4-6-18/h7-14,18H,2-6,15-16H2,1H3,(H,24,26). The maximum atomic E-state index is 13.3. The molecule has 0 heterocycles. The monoisotopic (exact) mass is 434 g/mol. The molecule has 5 nitrogen and oxygen atoms in total. The van der Waals surface area contributed by atoms with E-state index in [4.69, 9.17) is 11.6 Å². The predicted molar refractivity (Wildman–Crippen MR) is 117 cm³/mol. The molecule has 1 saturated carbocycles. The molecule has 1 aliphatic carbocycles. The van der Waals surface area contributed by atoms with Crippen molar-refractivity contribution in [2.45, 2.75) is 43.9 Å². The summed E-state index contributed by atoms with van der Waals surface area (Å²) in [4.78, 5) is 12.7. The highest BCUT2D eigenvalue weighted by molar-refractivity contribution is 7.92. The lowest BCUT2D eigenvalue weighted by molar-refractivity contribution is -0.119. The van der Waals surface area contributed by atoms with Crippen molar-refractivity contribution in [1.82, 2.24) is 5.32 Å². The van der Waals surface area contributed by atoms with E-state index < -0.39 is 10.0 Å². The summed E-state index contributed by atoms with van der Waals surface area (Å²) in [6.07, 6.45) is 5.88. The summed E-state index contributed by atoms with van der Waals surface area (Å²) >= 11 is 5.90. The van der Waals surface area contributed by atoms with E-state index >= 15 is 0 Å². The van der Waals surface area contributed by atoms with Crippen molar-refractivity contribution < 1.29 is 13.2 Å². The number of halogens is 1. The quantitative estimate of drug-likeness (QED) is 0.695. The van der Waals surface area contributed by atoms with E-state index in [1.165, 1.54) is 43.5 Å². The Bertz CT molecular complexity index is 922. The third-order valence-corrected chi connectivity index (χ3v) is 7.36. The number of hydrogen-bond acceptors (Lipinski definition) is 3. The second-order valence-corrected chi connectivity index (χ2v) is 9.91. The number of anilines is 1. The van der Waals surface area contributed by atoms with Crippen LogP contribution in [0.4, 0.5) is 5.69 Å². The van der Waals surface area contributed by atoms with Crippen molar-refractivity contribution in [1.29, 1.82) is 0 Å². The van der Waals surface area contributed by atoms with E-state index in [9.17, 15) is 13.2 Å². The van der Waals surface area contributed by atoms with Crippen LogP contribution in [-0.4, -0.2) is 27.4 Å². The molecular formula is C22H27ClN2O3S. The molecule has 0 spiro atoms. The third kappa shape index (κ3) is 5.73. The smallest absolute Gasteiger partial charge is 0.264 e. The molecule has 0 unspecified atom stereocenters. The van der Waals surface area contributed by atoms with E-state index in [1.54, 1.807) is 12.1 Å². The molecule has 2 aromatic rings. The zero-order valence-electron chi connectivity index (χ0n) is 16.6. The second kappa shape index (κ2) is 9.63. The van der Waals surface area contributed by atoms with Crippen LogP contribution < -0.4 is 9.62 Å². The molecule has 0 aromatic heterocycles. The lowest BCUT2D eigenvalue weighted by atomic mass is 9.89. The van der Waals surface area contributed by atoms with Gasteiger partial charge in [-0.2, -0.15) is 0 Å². The topological polar surface area (TPSA) is 66.5 Å². The van der Waals surface area contributed by atoms with Crippen LogP contribution in [0.5, 0.6) is 0 Å². The molecular weight excluding hydrogens is 408 g/mol. The minimum atomic E-state index is -3.91. The number of nitrogens with one attached hydrogen (secondary N) is 1. The van der Waals surface area contributed by atoms with Crippen molar-refractivity contribution in [2.75, 3.05) is 17.4 Å². The highest BCUT2D eigenvalue weighted by Gasteiger charge is 2.27. The molecule has 1 N–H and O–H groups in total. The van der Waals surface area contributed by atoms with Crippen LogP contribution in [0.1, 0.15) is 37.7 Å². The molecule has 0 radical (unpaired) electrons.